The highest BCUT2D eigenvalue weighted by Gasteiger charge is 2.25. The Morgan fingerprint density at radius 3 is 2.45 bits per heavy atom. The molecule has 20 heavy (non-hydrogen) atoms. The summed E-state index contributed by atoms with van der Waals surface area (Å²) in [6.07, 6.45) is -0.517. The van der Waals surface area contributed by atoms with E-state index in [1.165, 1.54) is 20.0 Å². The van der Waals surface area contributed by atoms with Crippen LogP contribution in [0.15, 0.2) is 18.2 Å². The lowest BCUT2D eigenvalue weighted by Gasteiger charge is -2.24. The number of nitrogens with zero attached hydrogens (tertiary/aromatic N) is 1. The molecular weight excluding hydrogens is 292 g/mol. The maximum Gasteiger partial charge on any atom is 0.304 e. The minimum atomic E-state index is -3.79. The van der Waals surface area contributed by atoms with Gasteiger partial charge in [-0.25, -0.2) is 17.2 Å². The lowest BCUT2D eigenvalue weighted by Crippen LogP contribution is -2.32. The first-order chi connectivity index (χ1) is 9.15. The van der Waals surface area contributed by atoms with Crippen LogP contribution in [0.4, 0.5) is 8.78 Å². The number of aliphatic carboxylic acids is 1. The fourth-order valence-corrected chi connectivity index (χ4v) is 2.91. The fraction of sp³-hybridized carbons (Fsp3) is 0.417. The van der Waals surface area contributed by atoms with Crippen LogP contribution in [0.3, 0.4) is 0 Å². The summed E-state index contributed by atoms with van der Waals surface area (Å²) in [6.45, 7) is 1.50. The number of carboxylic acid groups (broad SMARTS) is 1. The molecule has 1 unspecified atom stereocenters. The van der Waals surface area contributed by atoms with Crippen molar-refractivity contribution in [1.29, 1.82) is 0 Å². The Morgan fingerprint density at radius 2 is 1.95 bits per heavy atom. The third-order valence-corrected chi connectivity index (χ3v) is 4.90. The zero-order valence-electron chi connectivity index (χ0n) is 11.0. The van der Waals surface area contributed by atoms with E-state index in [1.807, 2.05) is 0 Å². The fourth-order valence-electron chi connectivity index (χ4n) is 1.58. The Morgan fingerprint density at radius 1 is 1.35 bits per heavy atom. The minimum absolute atomic E-state index is 0.283. The summed E-state index contributed by atoms with van der Waals surface area (Å²) < 4.78 is 50.7. The second kappa shape index (κ2) is 6.27. The first-order valence-corrected chi connectivity index (χ1v) is 7.38. The highest BCUT2D eigenvalue weighted by atomic mass is 32.2. The van der Waals surface area contributed by atoms with Gasteiger partial charge < -0.3 is 5.11 Å². The van der Waals surface area contributed by atoms with Gasteiger partial charge >= 0.3 is 5.97 Å². The molecule has 1 rings (SSSR count). The average molecular weight is 307 g/mol. The molecule has 8 heteroatoms. The van der Waals surface area contributed by atoms with Crippen LogP contribution in [0, 0.1) is 11.6 Å². The average Bonchev–Trinajstić information content (AvgIpc) is 2.38. The number of sulfonamides is 1. The Balaban J connectivity index is 2.92. The van der Waals surface area contributed by atoms with E-state index in [9.17, 15) is 22.0 Å². The Hall–Kier alpha value is -1.54. The van der Waals surface area contributed by atoms with Crippen LogP contribution in [0.25, 0.3) is 0 Å². The molecule has 1 atom stereocenters. The molecular formula is C12H15F2NO4S. The van der Waals surface area contributed by atoms with E-state index in [1.54, 1.807) is 0 Å². The Bertz CT molecular complexity index is 603. The van der Waals surface area contributed by atoms with Crippen molar-refractivity contribution in [3.63, 3.8) is 0 Å². The third-order valence-electron chi connectivity index (χ3n) is 2.98. The van der Waals surface area contributed by atoms with Gasteiger partial charge in [0.15, 0.2) is 11.6 Å². The van der Waals surface area contributed by atoms with Gasteiger partial charge in [-0.1, -0.05) is 6.07 Å². The molecule has 0 aliphatic heterocycles. The van der Waals surface area contributed by atoms with Crippen LogP contribution in [0.1, 0.15) is 24.9 Å². The lowest BCUT2D eigenvalue weighted by molar-refractivity contribution is -0.136. The maximum atomic E-state index is 13.1. The zero-order chi connectivity index (χ0) is 15.5. The number of hydrogen-bond donors (Lipinski definition) is 1. The smallest absolute Gasteiger partial charge is 0.304 e. The van der Waals surface area contributed by atoms with Gasteiger partial charge in [0.05, 0.1) is 12.2 Å². The number of benzene rings is 1. The number of halogens is 2. The van der Waals surface area contributed by atoms with Crippen molar-refractivity contribution in [2.75, 3.05) is 12.8 Å². The molecule has 0 fully saturated rings. The molecule has 0 aliphatic rings. The number of hydrogen-bond acceptors (Lipinski definition) is 3. The zero-order valence-corrected chi connectivity index (χ0v) is 11.8. The highest BCUT2D eigenvalue weighted by Crippen LogP contribution is 2.23. The van der Waals surface area contributed by atoms with E-state index in [-0.39, 0.29) is 5.56 Å². The molecule has 5 nitrogen and oxygen atoms in total. The van der Waals surface area contributed by atoms with Crippen LogP contribution in [-0.2, 0) is 14.8 Å². The van der Waals surface area contributed by atoms with Gasteiger partial charge in [-0.05, 0) is 24.6 Å². The Kier molecular flexibility index (Phi) is 5.18. The molecule has 1 aromatic rings. The van der Waals surface area contributed by atoms with Crippen molar-refractivity contribution in [3.05, 3.63) is 35.4 Å². The molecule has 0 heterocycles. The summed E-state index contributed by atoms with van der Waals surface area (Å²) in [5, 5.41) is 8.51. The summed E-state index contributed by atoms with van der Waals surface area (Å²) >= 11 is 0. The standard InChI is InChI=1S/C12H15F2NO4S/c1-8(9-3-4-10(13)11(14)7-9)15(2)20(18,19)6-5-12(16)17/h3-4,7-8H,5-6H2,1-2H3,(H,16,17). The molecule has 0 radical (unpaired) electrons. The second-order valence-electron chi connectivity index (χ2n) is 4.33. The maximum absolute atomic E-state index is 13.1. The van der Waals surface area contributed by atoms with E-state index in [4.69, 9.17) is 5.11 Å². The van der Waals surface area contributed by atoms with E-state index >= 15 is 0 Å². The van der Waals surface area contributed by atoms with E-state index in [0.717, 1.165) is 16.4 Å². The van der Waals surface area contributed by atoms with Crippen LogP contribution >= 0.6 is 0 Å². The van der Waals surface area contributed by atoms with Gasteiger partial charge in [0.1, 0.15) is 0 Å². The summed E-state index contributed by atoms with van der Waals surface area (Å²) in [5.41, 5.74) is 0.283. The van der Waals surface area contributed by atoms with E-state index in [0.29, 0.717) is 0 Å². The molecule has 0 saturated carbocycles. The molecule has 0 aromatic heterocycles. The highest BCUT2D eigenvalue weighted by molar-refractivity contribution is 7.89. The van der Waals surface area contributed by atoms with Crippen LogP contribution in [0.5, 0.6) is 0 Å². The molecule has 1 N–H and O–H groups in total. The van der Waals surface area contributed by atoms with Crippen molar-refractivity contribution >= 4 is 16.0 Å². The monoisotopic (exact) mass is 307 g/mol. The first kappa shape index (κ1) is 16.5. The molecule has 0 aliphatic carbocycles. The SMILES string of the molecule is CC(c1ccc(F)c(F)c1)N(C)S(=O)(=O)CCC(=O)O. The predicted octanol–water partition coefficient (Wildman–Crippen LogP) is 1.76. The van der Waals surface area contributed by atoms with Crippen molar-refractivity contribution in [3.8, 4) is 0 Å². The molecule has 0 bridgehead atoms. The van der Waals surface area contributed by atoms with Crippen molar-refractivity contribution < 1.29 is 27.1 Å². The summed E-state index contributed by atoms with van der Waals surface area (Å²) in [5.74, 6) is -3.85. The van der Waals surface area contributed by atoms with Crippen molar-refractivity contribution in [2.45, 2.75) is 19.4 Å². The normalized spacial score (nSPS) is 13.4. The quantitative estimate of drug-likeness (QED) is 0.869. The van der Waals surface area contributed by atoms with Crippen LogP contribution in [-0.4, -0.2) is 36.6 Å². The lowest BCUT2D eigenvalue weighted by atomic mass is 10.1. The number of rotatable bonds is 6. The van der Waals surface area contributed by atoms with Crippen molar-refractivity contribution in [2.24, 2.45) is 0 Å². The topological polar surface area (TPSA) is 74.7 Å². The van der Waals surface area contributed by atoms with Gasteiger partial charge in [0, 0.05) is 13.1 Å². The van der Waals surface area contributed by atoms with Gasteiger partial charge in [0.25, 0.3) is 0 Å². The summed E-state index contributed by atoms with van der Waals surface area (Å²) in [7, 11) is -2.52. The Labute approximate surface area is 115 Å². The number of carboxylic acids is 1. The summed E-state index contributed by atoms with van der Waals surface area (Å²) in [6, 6.07) is 2.39. The molecule has 0 spiro atoms. The second-order valence-corrected chi connectivity index (χ2v) is 6.47. The molecule has 112 valence electrons. The van der Waals surface area contributed by atoms with Crippen LogP contribution in [0.2, 0.25) is 0 Å². The molecule has 1 aromatic carbocycles. The summed E-state index contributed by atoms with van der Waals surface area (Å²) in [4.78, 5) is 10.4. The predicted molar refractivity (Wildman–Crippen MR) is 68.6 cm³/mol. The van der Waals surface area contributed by atoms with Crippen LogP contribution < -0.4 is 0 Å². The minimum Gasteiger partial charge on any atom is -0.481 e. The third kappa shape index (κ3) is 3.97. The molecule has 0 saturated heterocycles. The van der Waals surface area contributed by atoms with E-state index < -0.39 is 45.8 Å². The van der Waals surface area contributed by atoms with Gasteiger partial charge in [-0.3, -0.25) is 4.79 Å². The van der Waals surface area contributed by atoms with Crippen molar-refractivity contribution in [1.82, 2.24) is 4.31 Å². The first-order valence-electron chi connectivity index (χ1n) is 5.77. The van der Waals surface area contributed by atoms with Gasteiger partial charge in [0.2, 0.25) is 10.0 Å². The number of carbonyl (C=O) groups is 1. The van der Waals surface area contributed by atoms with Gasteiger partial charge in [-0.15, -0.1) is 0 Å². The molecule has 0 amide bonds. The van der Waals surface area contributed by atoms with E-state index in [2.05, 4.69) is 0 Å². The largest absolute Gasteiger partial charge is 0.481 e. The van der Waals surface area contributed by atoms with Gasteiger partial charge in [-0.2, -0.15) is 4.31 Å².